The van der Waals surface area contributed by atoms with Gasteiger partial charge in [0.05, 0.1) is 10.2 Å². The third-order valence-electron chi connectivity index (χ3n) is 2.13. The van der Waals surface area contributed by atoms with Gasteiger partial charge in [0.1, 0.15) is 12.4 Å². The molecule has 16 heavy (non-hydrogen) atoms. The van der Waals surface area contributed by atoms with Gasteiger partial charge in [-0.15, -0.1) is 0 Å². The lowest BCUT2D eigenvalue weighted by Crippen LogP contribution is -2.07. The quantitative estimate of drug-likeness (QED) is 0.874. The number of aryl methyl sites for hydroxylation is 1. The molecule has 0 atom stereocenters. The van der Waals surface area contributed by atoms with Crippen molar-refractivity contribution in [2.45, 2.75) is 33.3 Å². The standard InChI is InChI=1S/C11H18BrN3O/c1-4-6-8-10(12)11(13-3)15-9(14-8)7-16-5-2/h4-7H2,1-3H3,(H,13,14,15). The van der Waals surface area contributed by atoms with Crippen LogP contribution in [-0.2, 0) is 17.8 Å². The molecule has 0 amide bonds. The monoisotopic (exact) mass is 287 g/mol. The SMILES string of the molecule is CCCc1nc(COCC)nc(NC)c1Br. The molecule has 1 aromatic heterocycles. The summed E-state index contributed by atoms with van der Waals surface area (Å²) in [6.45, 7) is 5.24. The van der Waals surface area contributed by atoms with Crippen LogP contribution in [0.3, 0.4) is 0 Å². The molecule has 0 aliphatic rings. The maximum Gasteiger partial charge on any atom is 0.156 e. The zero-order valence-electron chi connectivity index (χ0n) is 10.0. The number of ether oxygens (including phenoxy) is 1. The van der Waals surface area contributed by atoms with Gasteiger partial charge in [-0.3, -0.25) is 0 Å². The zero-order valence-corrected chi connectivity index (χ0v) is 11.6. The van der Waals surface area contributed by atoms with Crippen molar-refractivity contribution in [3.8, 4) is 0 Å². The summed E-state index contributed by atoms with van der Waals surface area (Å²) in [5, 5.41) is 3.06. The van der Waals surface area contributed by atoms with E-state index in [1.807, 2.05) is 14.0 Å². The molecular weight excluding hydrogens is 270 g/mol. The Morgan fingerprint density at radius 3 is 2.62 bits per heavy atom. The van der Waals surface area contributed by atoms with Crippen molar-refractivity contribution in [1.29, 1.82) is 0 Å². The van der Waals surface area contributed by atoms with E-state index < -0.39 is 0 Å². The molecule has 0 bridgehead atoms. The minimum Gasteiger partial charge on any atom is -0.374 e. The molecule has 0 unspecified atom stereocenters. The number of rotatable bonds is 6. The smallest absolute Gasteiger partial charge is 0.156 e. The van der Waals surface area contributed by atoms with Gasteiger partial charge in [0, 0.05) is 13.7 Å². The normalized spacial score (nSPS) is 10.5. The lowest BCUT2D eigenvalue weighted by atomic mass is 10.2. The van der Waals surface area contributed by atoms with Gasteiger partial charge in [0.2, 0.25) is 0 Å². The Balaban J connectivity index is 2.97. The predicted molar refractivity (Wildman–Crippen MR) is 68.6 cm³/mol. The van der Waals surface area contributed by atoms with Crippen LogP contribution in [0.15, 0.2) is 4.47 Å². The van der Waals surface area contributed by atoms with Gasteiger partial charge in [-0.1, -0.05) is 13.3 Å². The first-order chi connectivity index (χ1) is 7.72. The molecule has 1 N–H and O–H groups in total. The van der Waals surface area contributed by atoms with Crippen LogP contribution in [0.25, 0.3) is 0 Å². The topological polar surface area (TPSA) is 47.0 Å². The minimum absolute atomic E-state index is 0.467. The van der Waals surface area contributed by atoms with E-state index in [-0.39, 0.29) is 0 Å². The maximum absolute atomic E-state index is 5.32. The van der Waals surface area contributed by atoms with Crippen LogP contribution in [0.2, 0.25) is 0 Å². The zero-order chi connectivity index (χ0) is 12.0. The van der Waals surface area contributed by atoms with Crippen molar-refractivity contribution >= 4 is 21.7 Å². The lowest BCUT2D eigenvalue weighted by molar-refractivity contribution is 0.128. The number of nitrogens with one attached hydrogen (secondary N) is 1. The van der Waals surface area contributed by atoms with Crippen molar-refractivity contribution in [3.63, 3.8) is 0 Å². The third kappa shape index (κ3) is 3.42. The molecule has 0 radical (unpaired) electrons. The molecule has 0 aromatic carbocycles. The first-order valence-electron chi connectivity index (χ1n) is 5.53. The molecule has 5 heteroatoms. The largest absolute Gasteiger partial charge is 0.374 e. The summed E-state index contributed by atoms with van der Waals surface area (Å²) < 4.78 is 6.28. The van der Waals surface area contributed by atoms with E-state index in [9.17, 15) is 0 Å². The number of hydrogen-bond acceptors (Lipinski definition) is 4. The summed E-state index contributed by atoms with van der Waals surface area (Å²) in [5.74, 6) is 1.56. The second kappa shape index (κ2) is 6.81. The average molecular weight is 288 g/mol. The number of nitrogens with zero attached hydrogens (tertiary/aromatic N) is 2. The highest BCUT2D eigenvalue weighted by molar-refractivity contribution is 9.10. The molecule has 0 aliphatic carbocycles. The Kier molecular flexibility index (Phi) is 5.69. The fraction of sp³-hybridized carbons (Fsp3) is 0.636. The van der Waals surface area contributed by atoms with Gasteiger partial charge < -0.3 is 10.1 Å². The van der Waals surface area contributed by atoms with Crippen molar-refractivity contribution < 1.29 is 4.74 Å². The molecule has 0 aliphatic heterocycles. The van der Waals surface area contributed by atoms with Gasteiger partial charge in [-0.25, -0.2) is 9.97 Å². The van der Waals surface area contributed by atoms with Crippen LogP contribution in [0, 0.1) is 0 Å². The Labute approximate surface area is 105 Å². The summed E-state index contributed by atoms with van der Waals surface area (Å²) >= 11 is 3.52. The van der Waals surface area contributed by atoms with E-state index in [1.165, 1.54) is 0 Å². The van der Waals surface area contributed by atoms with Crippen molar-refractivity contribution in [2.75, 3.05) is 19.0 Å². The van der Waals surface area contributed by atoms with E-state index in [2.05, 4.69) is 38.1 Å². The highest BCUT2D eigenvalue weighted by Crippen LogP contribution is 2.24. The molecule has 0 saturated heterocycles. The molecule has 4 nitrogen and oxygen atoms in total. The molecule has 0 spiro atoms. The summed E-state index contributed by atoms with van der Waals surface area (Å²) in [5.41, 5.74) is 1.04. The van der Waals surface area contributed by atoms with E-state index in [1.54, 1.807) is 0 Å². The number of aromatic nitrogens is 2. The Bertz CT molecular complexity index is 344. The fourth-order valence-electron chi connectivity index (χ4n) is 1.37. The minimum atomic E-state index is 0.467. The summed E-state index contributed by atoms with van der Waals surface area (Å²) in [6, 6.07) is 0. The Morgan fingerprint density at radius 1 is 1.31 bits per heavy atom. The molecule has 90 valence electrons. The van der Waals surface area contributed by atoms with Gasteiger partial charge >= 0.3 is 0 Å². The Hall–Kier alpha value is -0.680. The van der Waals surface area contributed by atoms with E-state index >= 15 is 0 Å². The summed E-state index contributed by atoms with van der Waals surface area (Å²) in [4.78, 5) is 8.86. The van der Waals surface area contributed by atoms with Crippen LogP contribution in [0.5, 0.6) is 0 Å². The lowest BCUT2D eigenvalue weighted by Gasteiger charge is -2.10. The fourth-order valence-corrected chi connectivity index (χ4v) is 1.94. The molecule has 1 rings (SSSR count). The van der Waals surface area contributed by atoms with Gasteiger partial charge in [-0.2, -0.15) is 0 Å². The summed E-state index contributed by atoms with van der Waals surface area (Å²) in [7, 11) is 1.85. The number of anilines is 1. The molecule has 1 aromatic rings. The van der Waals surface area contributed by atoms with Crippen molar-refractivity contribution in [1.82, 2.24) is 9.97 Å². The third-order valence-corrected chi connectivity index (χ3v) is 2.96. The van der Waals surface area contributed by atoms with Crippen LogP contribution in [0.4, 0.5) is 5.82 Å². The molecule has 0 saturated carbocycles. The second-order valence-corrected chi connectivity index (χ2v) is 4.18. The highest BCUT2D eigenvalue weighted by Gasteiger charge is 2.10. The molecule has 1 heterocycles. The van der Waals surface area contributed by atoms with Crippen LogP contribution in [-0.4, -0.2) is 23.6 Å². The molecule has 0 fully saturated rings. The predicted octanol–water partition coefficient (Wildman–Crippen LogP) is 2.77. The van der Waals surface area contributed by atoms with Crippen LogP contribution < -0.4 is 5.32 Å². The van der Waals surface area contributed by atoms with Crippen molar-refractivity contribution in [2.24, 2.45) is 0 Å². The highest BCUT2D eigenvalue weighted by atomic mass is 79.9. The Morgan fingerprint density at radius 2 is 2.06 bits per heavy atom. The van der Waals surface area contributed by atoms with Gasteiger partial charge in [0.15, 0.2) is 5.82 Å². The average Bonchev–Trinajstić information content (AvgIpc) is 2.30. The van der Waals surface area contributed by atoms with Crippen LogP contribution >= 0.6 is 15.9 Å². The van der Waals surface area contributed by atoms with Crippen molar-refractivity contribution in [3.05, 3.63) is 16.0 Å². The van der Waals surface area contributed by atoms with E-state index in [4.69, 9.17) is 4.74 Å². The first kappa shape index (κ1) is 13.4. The first-order valence-corrected chi connectivity index (χ1v) is 6.33. The second-order valence-electron chi connectivity index (χ2n) is 3.39. The van der Waals surface area contributed by atoms with Gasteiger partial charge in [0.25, 0.3) is 0 Å². The van der Waals surface area contributed by atoms with E-state index in [0.29, 0.717) is 13.2 Å². The summed E-state index contributed by atoms with van der Waals surface area (Å²) in [6.07, 6.45) is 2.00. The van der Waals surface area contributed by atoms with Crippen LogP contribution in [0.1, 0.15) is 31.8 Å². The van der Waals surface area contributed by atoms with Gasteiger partial charge in [-0.05, 0) is 29.3 Å². The maximum atomic E-state index is 5.32. The number of hydrogen-bond donors (Lipinski definition) is 1. The number of halogens is 1. The van der Waals surface area contributed by atoms with E-state index in [0.717, 1.165) is 34.7 Å². The molecular formula is C11H18BrN3O.